The largest absolute Gasteiger partial charge is 0.369 e. The molecule has 0 radical (unpaired) electrons. The van der Waals surface area contributed by atoms with Gasteiger partial charge in [0.2, 0.25) is 5.91 Å². The SMILES string of the molecule is Cc1nc(-c2ccccc2)ccc1C(=O)N1CCCC(C(N)=O)C1. The van der Waals surface area contributed by atoms with E-state index < -0.39 is 0 Å². The average molecular weight is 323 g/mol. The molecule has 5 heteroatoms. The molecule has 1 saturated heterocycles. The van der Waals surface area contributed by atoms with Crippen molar-refractivity contribution in [1.82, 2.24) is 9.88 Å². The lowest BCUT2D eigenvalue weighted by atomic mass is 9.96. The zero-order valence-electron chi connectivity index (χ0n) is 13.7. The molecular formula is C19H21N3O2. The zero-order chi connectivity index (χ0) is 17.1. The van der Waals surface area contributed by atoms with Gasteiger partial charge in [0.15, 0.2) is 0 Å². The fourth-order valence-electron chi connectivity index (χ4n) is 3.12. The van der Waals surface area contributed by atoms with Gasteiger partial charge in [0.05, 0.1) is 22.9 Å². The lowest BCUT2D eigenvalue weighted by molar-refractivity contribution is -0.123. The number of nitrogens with two attached hydrogens (primary N) is 1. The molecule has 0 bridgehead atoms. The van der Waals surface area contributed by atoms with E-state index in [0.29, 0.717) is 24.3 Å². The lowest BCUT2D eigenvalue weighted by Gasteiger charge is -2.31. The van der Waals surface area contributed by atoms with Crippen LogP contribution >= 0.6 is 0 Å². The van der Waals surface area contributed by atoms with E-state index in [1.165, 1.54) is 0 Å². The first kappa shape index (κ1) is 16.2. The van der Waals surface area contributed by atoms with E-state index in [-0.39, 0.29) is 17.7 Å². The average Bonchev–Trinajstić information content (AvgIpc) is 2.62. The lowest BCUT2D eigenvalue weighted by Crippen LogP contribution is -2.44. The number of carbonyl (C=O) groups excluding carboxylic acids is 2. The van der Waals surface area contributed by atoms with Crippen molar-refractivity contribution < 1.29 is 9.59 Å². The highest BCUT2D eigenvalue weighted by molar-refractivity contribution is 5.96. The van der Waals surface area contributed by atoms with Gasteiger partial charge >= 0.3 is 0 Å². The van der Waals surface area contributed by atoms with Crippen molar-refractivity contribution in [3.05, 3.63) is 53.7 Å². The van der Waals surface area contributed by atoms with E-state index in [4.69, 9.17) is 5.73 Å². The quantitative estimate of drug-likeness (QED) is 0.942. The summed E-state index contributed by atoms with van der Waals surface area (Å²) in [6, 6.07) is 13.6. The standard InChI is InChI=1S/C19H21N3O2/c1-13-16(9-10-17(21-13)14-6-3-2-4-7-14)19(24)22-11-5-8-15(12-22)18(20)23/h2-4,6-7,9-10,15H,5,8,11-12H2,1H3,(H2,20,23). The molecule has 1 fully saturated rings. The van der Waals surface area contributed by atoms with Crippen LogP contribution in [0.15, 0.2) is 42.5 Å². The number of carbonyl (C=O) groups is 2. The summed E-state index contributed by atoms with van der Waals surface area (Å²) < 4.78 is 0. The Morgan fingerprint density at radius 1 is 1.17 bits per heavy atom. The molecule has 2 amide bonds. The molecule has 1 unspecified atom stereocenters. The molecule has 1 aliphatic rings. The molecule has 2 heterocycles. The third-order valence-corrected chi connectivity index (χ3v) is 4.50. The fraction of sp³-hybridized carbons (Fsp3) is 0.316. The van der Waals surface area contributed by atoms with Crippen molar-refractivity contribution in [2.24, 2.45) is 11.7 Å². The second kappa shape index (κ2) is 6.83. The number of rotatable bonds is 3. The topological polar surface area (TPSA) is 76.3 Å². The summed E-state index contributed by atoms with van der Waals surface area (Å²) in [7, 11) is 0. The van der Waals surface area contributed by atoms with Gasteiger partial charge in [-0.3, -0.25) is 14.6 Å². The molecule has 5 nitrogen and oxygen atoms in total. The van der Waals surface area contributed by atoms with Crippen molar-refractivity contribution in [3.8, 4) is 11.3 Å². The summed E-state index contributed by atoms with van der Waals surface area (Å²) in [5, 5.41) is 0. The molecule has 124 valence electrons. The summed E-state index contributed by atoms with van der Waals surface area (Å²) in [5.41, 5.74) is 8.54. The minimum atomic E-state index is -0.332. The molecule has 24 heavy (non-hydrogen) atoms. The second-order valence-electron chi connectivity index (χ2n) is 6.19. The Balaban J connectivity index is 1.82. The van der Waals surface area contributed by atoms with Crippen molar-refractivity contribution >= 4 is 11.8 Å². The van der Waals surface area contributed by atoms with Crippen LogP contribution in [0.4, 0.5) is 0 Å². The smallest absolute Gasteiger partial charge is 0.255 e. The summed E-state index contributed by atoms with van der Waals surface area (Å²) >= 11 is 0. The fourth-order valence-corrected chi connectivity index (χ4v) is 3.12. The highest BCUT2D eigenvalue weighted by Crippen LogP contribution is 2.22. The number of benzene rings is 1. The van der Waals surface area contributed by atoms with Crippen LogP contribution in [0.2, 0.25) is 0 Å². The molecule has 1 atom stereocenters. The Hall–Kier alpha value is -2.69. The summed E-state index contributed by atoms with van der Waals surface area (Å²) in [5.74, 6) is -0.660. The third kappa shape index (κ3) is 3.30. The van der Waals surface area contributed by atoms with E-state index in [9.17, 15) is 9.59 Å². The Morgan fingerprint density at radius 3 is 2.58 bits per heavy atom. The summed E-state index contributed by atoms with van der Waals surface area (Å²) in [6.45, 7) is 2.89. The minimum absolute atomic E-state index is 0.0782. The van der Waals surface area contributed by atoms with Gasteiger partial charge < -0.3 is 10.6 Å². The summed E-state index contributed by atoms with van der Waals surface area (Å²) in [4.78, 5) is 30.5. The molecule has 1 aliphatic heterocycles. The van der Waals surface area contributed by atoms with E-state index in [1.54, 1.807) is 4.90 Å². The number of aryl methyl sites for hydroxylation is 1. The van der Waals surface area contributed by atoms with Gasteiger partial charge in [-0.25, -0.2) is 0 Å². The maximum atomic E-state index is 12.8. The minimum Gasteiger partial charge on any atom is -0.369 e. The molecule has 2 N–H and O–H groups in total. The Bertz CT molecular complexity index is 758. The van der Waals surface area contributed by atoms with Crippen molar-refractivity contribution in [3.63, 3.8) is 0 Å². The first-order valence-electron chi connectivity index (χ1n) is 8.18. The maximum Gasteiger partial charge on any atom is 0.255 e. The van der Waals surface area contributed by atoms with E-state index in [2.05, 4.69) is 4.98 Å². The molecule has 0 aliphatic carbocycles. The van der Waals surface area contributed by atoms with Crippen molar-refractivity contribution in [2.45, 2.75) is 19.8 Å². The van der Waals surface area contributed by atoms with Crippen LogP contribution < -0.4 is 5.73 Å². The van der Waals surface area contributed by atoms with Crippen LogP contribution in [0.1, 0.15) is 28.9 Å². The first-order valence-corrected chi connectivity index (χ1v) is 8.18. The molecule has 0 saturated carbocycles. The molecular weight excluding hydrogens is 302 g/mol. The van der Waals surface area contributed by atoms with Crippen LogP contribution in [0.25, 0.3) is 11.3 Å². The van der Waals surface area contributed by atoms with Gasteiger partial charge in [-0.2, -0.15) is 0 Å². The number of piperidine rings is 1. The van der Waals surface area contributed by atoms with E-state index >= 15 is 0 Å². The van der Waals surface area contributed by atoms with Crippen molar-refractivity contribution in [2.75, 3.05) is 13.1 Å². The van der Waals surface area contributed by atoms with Gasteiger partial charge in [0, 0.05) is 18.7 Å². The molecule has 1 aromatic carbocycles. The summed E-state index contributed by atoms with van der Waals surface area (Å²) in [6.07, 6.45) is 1.55. The number of aromatic nitrogens is 1. The van der Waals surface area contributed by atoms with Crippen LogP contribution in [-0.4, -0.2) is 34.8 Å². The maximum absolute atomic E-state index is 12.8. The molecule has 3 rings (SSSR count). The Morgan fingerprint density at radius 2 is 1.92 bits per heavy atom. The first-order chi connectivity index (χ1) is 11.6. The third-order valence-electron chi connectivity index (χ3n) is 4.50. The monoisotopic (exact) mass is 323 g/mol. The van der Waals surface area contributed by atoms with Gasteiger partial charge in [0.25, 0.3) is 5.91 Å². The highest BCUT2D eigenvalue weighted by atomic mass is 16.2. The number of hydrogen-bond donors (Lipinski definition) is 1. The van der Waals surface area contributed by atoms with E-state index in [0.717, 1.165) is 24.1 Å². The zero-order valence-corrected chi connectivity index (χ0v) is 13.7. The number of nitrogens with zero attached hydrogens (tertiary/aromatic N) is 2. The highest BCUT2D eigenvalue weighted by Gasteiger charge is 2.28. The predicted molar refractivity (Wildman–Crippen MR) is 92.2 cm³/mol. The second-order valence-corrected chi connectivity index (χ2v) is 6.19. The Kier molecular flexibility index (Phi) is 4.60. The Labute approximate surface area is 141 Å². The van der Waals surface area contributed by atoms with Gasteiger partial charge in [-0.05, 0) is 31.9 Å². The number of hydrogen-bond acceptors (Lipinski definition) is 3. The molecule has 2 aromatic rings. The number of pyridine rings is 1. The van der Waals surface area contributed by atoms with Crippen molar-refractivity contribution in [1.29, 1.82) is 0 Å². The predicted octanol–water partition coefficient (Wildman–Crippen LogP) is 2.39. The van der Waals surface area contributed by atoms with Crippen LogP contribution in [-0.2, 0) is 4.79 Å². The molecule has 1 aromatic heterocycles. The van der Waals surface area contributed by atoms with Crippen LogP contribution in [0, 0.1) is 12.8 Å². The van der Waals surface area contributed by atoms with Gasteiger partial charge in [0.1, 0.15) is 0 Å². The van der Waals surface area contributed by atoms with E-state index in [1.807, 2.05) is 49.4 Å². The number of amides is 2. The van der Waals surface area contributed by atoms with Gasteiger partial charge in [-0.1, -0.05) is 30.3 Å². The molecule has 0 spiro atoms. The number of likely N-dealkylation sites (tertiary alicyclic amines) is 1. The van der Waals surface area contributed by atoms with Crippen LogP contribution in [0.5, 0.6) is 0 Å². The van der Waals surface area contributed by atoms with Crippen LogP contribution in [0.3, 0.4) is 0 Å². The number of primary amides is 1. The normalized spacial score (nSPS) is 17.5. The van der Waals surface area contributed by atoms with Gasteiger partial charge in [-0.15, -0.1) is 0 Å².